The predicted octanol–water partition coefficient (Wildman–Crippen LogP) is 12.6. The third kappa shape index (κ3) is 13.8. The van der Waals surface area contributed by atoms with Crippen LogP contribution >= 0.6 is 0 Å². The zero-order chi connectivity index (χ0) is 60.1. The van der Waals surface area contributed by atoms with Gasteiger partial charge in [0, 0.05) is 0 Å². The third-order valence-corrected chi connectivity index (χ3v) is 22.5. The van der Waals surface area contributed by atoms with Crippen LogP contribution in [0.4, 0.5) is 0 Å². The van der Waals surface area contributed by atoms with Gasteiger partial charge < -0.3 is 0 Å². The molecule has 12 aromatic rings. The third-order valence-electron chi connectivity index (χ3n) is 14.1. The molecule has 18 nitrogen and oxygen atoms in total. The topological polar surface area (TPSA) is 212 Å². The van der Waals surface area contributed by atoms with E-state index in [0.717, 1.165) is 66.5 Å². The molecule has 6 heterocycles. The van der Waals surface area contributed by atoms with Gasteiger partial charge in [-0.05, 0) is 0 Å². The molecule has 0 N–H and O–H groups in total. The molecule has 0 saturated carbocycles. The van der Waals surface area contributed by atoms with Gasteiger partial charge in [-0.2, -0.15) is 0 Å². The van der Waals surface area contributed by atoms with Crippen LogP contribution in [0.2, 0.25) is 0 Å². The fourth-order valence-corrected chi connectivity index (χ4v) is 17.9. The number of aryl methyl sites for hydroxylation is 6. The summed E-state index contributed by atoms with van der Waals surface area (Å²) in [6, 6.07) is 55.2. The number of carbonyl (C=O) groups excluding carboxylic acids is 3. The Bertz CT molecular complexity index is 4180. The molecule has 428 valence electrons. The van der Waals surface area contributed by atoms with Gasteiger partial charge in [0.2, 0.25) is 0 Å². The van der Waals surface area contributed by atoms with Crippen molar-refractivity contribution in [1.29, 1.82) is 0 Å². The molecule has 87 heavy (non-hydrogen) atoms. The van der Waals surface area contributed by atoms with E-state index in [4.69, 9.17) is 61.7 Å². The number of fused-ring (bicyclic) bond motifs is 6. The predicted molar refractivity (Wildman–Crippen MR) is 331 cm³/mol. The van der Waals surface area contributed by atoms with Crippen molar-refractivity contribution in [1.82, 2.24) is 29.9 Å². The molecular formula is C66H53Ga3N6O12. The summed E-state index contributed by atoms with van der Waals surface area (Å²) in [7, 11) is 0. The first-order valence-corrected chi connectivity index (χ1v) is 36.9. The molecule has 12 rings (SSSR count). The molecule has 21 heteroatoms. The molecule has 0 fully saturated rings. The zero-order valence-corrected chi connectivity index (χ0v) is 55.4. The summed E-state index contributed by atoms with van der Waals surface area (Å²) in [5.41, 5.74) is 7.42. The number of pyridine rings is 6. The van der Waals surface area contributed by atoms with Crippen LogP contribution in [0.5, 0.6) is 34.5 Å². The number of para-hydroxylation sites is 6. The van der Waals surface area contributed by atoms with Crippen molar-refractivity contribution in [3.8, 4) is 34.5 Å². The van der Waals surface area contributed by atoms with Crippen LogP contribution in [0.25, 0.3) is 65.4 Å². The van der Waals surface area contributed by atoms with Crippen molar-refractivity contribution in [2.75, 3.05) is 0 Å². The number of nitrogens with zero attached hydrogens (tertiary/aromatic N) is 6. The van der Waals surface area contributed by atoms with Crippen LogP contribution in [-0.4, -0.2) is 99.7 Å². The van der Waals surface area contributed by atoms with Crippen molar-refractivity contribution < 1.29 is 46.1 Å². The van der Waals surface area contributed by atoms with Crippen LogP contribution in [0, 0.1) is 47.5 Å². The molecule has 6 aromatic carbocycles. The van der Waals surface area contributed by atoms with Gasteiger partial charge >= 0.3 is 522 Å². The minimum absolute atomic E-state index is 0.289. The normalized spacial score (nSPS) is 11.2. The SMILES string of the molecule is Cc1ccc2cccc([O][Ga]([O]C(=O)CC(CC(=O)[O][Ga]([O]c3cccc4ccc(C)nc34)[O]c3cccc4ccc(C)nc34)C(=O)[O][Ga]([O]c3cccc4ccc(C)nc34)[O]c3cccc4ccc(C)nc34)[O]c3cccc4ccc(C)nc34)c2n1. The molecule has 0 aliphatic rings. The fourth-order valence-electron chi connectivity index (χ4n) is 9.86. The van der Waals surface area contributed by atoms with Crippen LogP contribution in [0.3, 0.4) is 0 Å². The van der Waals surface area contributed by atoms with Gasteiger partial charge in [-0.15, -0.1) is 0 Å². The molecule has 0 bridgehead atoms. The average molecular weight is 1330 g/mol. The van der Waals surface area contributed by atoms with E-state index < -0.39 is 88.6 Å². The molecule has 0 radical (unpaired) electrons. The molecule has 0 spiro atoms. The van der Waals surface area contributed by atoms with E-state index >= 15 is 4.79 Å². The number of carbonyl (C=O) groups is 3. The zero-order valence-electron chi connectivity index (χ0n) is 48.1. The summed E-state index contributed by atoms with van der Waals surface area (Å²) in [6.07, 6.45) is -1.47. The van der Waals surface area contributed by atoms with E-state index in [1.165, 1.54) is 0 Å². The standard InChI is InChI=1S/6C10H9NO.C6H8O6.3Ga/c6*1-7-5-6-8-3-2-4-9(12)10(8)11-7;7-4(8)1-3(6(11)12)2-5(9)10;;;/h6*2-6,12H,1H3;3H,1-2H2,(H,7,8)(H,9,10)(H,11,12);;;/q;;;;;;;3*+3/p-9. The average Bonchev–Trinajstić information content (AvgIpc) is 1.87. The van der Waals surface area contributed by atoms with E-state index in [9.17, 15) is 9.59 Å². The number of benzene rings is 6. The van der Waals surface area contributed by atoms with E-state index in [0.29, 0.717) is 56.1 Å². The number of aromatic nitrogens is 6. The Morgan fingerprint density at radius 2 is 0.506 bits per heavy atom. The van der Waals surface area contributed by atoms with Gasteiger partial charge in [-0.25, -0.2) is 0 Å². The van der Waals surface area contributed by atoms with Gasteiger partial charge in [0.05, 0.1) is 0 Å². The van der Waals surface area contributed by atoms with Crippen LogP contribution in [0.15, 0.2) is 182 Å². The van der Waals surface area contributed by atoms with Crippen molar-refractivity contribution in [2.45, 2.75) is 54.4 Å². The van der Waals surface area contributed by atoms with Gasteiger partial charge in [-0.1, -0.05) is 0 Å². The van der Waals surface area contributed by atoms with Gasteiger partial charge in [0.15, 0.2) is 0 Å². The molecule has 0 atom stereocenters. The Morgan fingerprint density at radius 1 is 0.299 bits per heavy atom. The molecular weight excluding hydrogens is 1280 g/mol. The monoisotopic (exact) mass is 1330 g/mol. The van der Waals surface area contributed by atoms with Crippen molar-refractivity contribution in [3.05, 3.63) is 216 Å². The quantitative estimate of drug-likeness (QED) is 0.0649. The van der Waals surface area contributed by atoms with E-state index in [1.807, 2.05) is 151 Å². The second kappa shape index (κ2) is 25.9. The second-order valence-electron chi connectivity index (χ2n) is 20.8. The van der Waals surface area contributed by atoms with Crippen LogP contribution in [-0.2, 0) is 25.0 Å². The van der Waals surface area contributed by atoms with Crippen molar-refractivity contribution in [2.24, 2.45) is 5.92 Å². The molecule has 0 unspecified atom stereocenters. The number of hydrogen-bond acceptors (Lipinski definition) is 18. The summed E-state index contributed by atoms with van der Waals surface area (Å²) in [5.74, 6) is -2.71. The molecule has 0 amide bonds. The van der Waals surface area contributed by atoms with Gasteiger partial charge in [0.1, 0.15) is 0 Å². The summed E-state index contributed by atoms with van der Waals surface area (Å²) < 4.78 is 58.9. The minimum atomic E-state index is -4.52. The molecule has 0 saturated heterocycles. The Morgan fingerprint density at radius 3 is 0.724 bits per heavy atom. The molecule has 6 aromatic heterocycles. The van der Waals surface area contributed by atoms with E-state index in [2.05, 4.69) is 0 Å². The Balaban J connectivity index is 0.910. The fraction of sp³-hybridized carbons (Fsp3) is 0.136. The van der Waals surface area contributed by atoms with Crippen molar-refractivity contribution >= 4 is 135 Å². The van der Waals surface area contributed by atoms with Gasteiger partial charge in [-0.3, -0.25) is 0 Å². The van der Waals surface area contributed by atoms with E-state index in [1.54, 1.807) is 72.8 Å². The van der Waals surface area contributed by atoms with Crippen LogP contribution in [0.1, 0.15) is 47.0 Å². The maximum absolute atomic E-state index is 15.4. The first-order chi connectivity index (χ1) is 42.2. The summed E-state index contributed by atoms with van der Waals surface area (Å²) >= 11 is -13.4. The summed E-state index contributed by atoms with van der Waals surface area (Å²) in [5, 5.41) is 4.63. The summed E-state index contributed by atoms with van der Waals surface area (Å²) in [4.78, 5) is 73.9. The Kier molecular flexibility index (Phi) is 17.3. The first-order valence-electron chi connectivity index (χ1n) is 28.0. The molecule has 0 aliphatic carbocycles. The Labute approximate surface area is 518 Å². The first kappa shape index (κ1) is 58.3. The van der Waals surface area contributed by atoms with Crippen LogP contribution < -0.4 is 21.2 Å². The summed E-state index contributed by atoms with van der Waals surface area (Å²) in [6.45, 7) is 11.1. The van der Waals surface area contributed by atoms with Gasteiger partial charge in [0.25, 0.3) is 0 Å². The number of rotatable bonds is 20. The van der Waals surface area contributed by atoms with E-state index in [-0.39, 0.29) is 11.5 Å². The molecule has 0 aliphatic heterocycles. The Hall–Kier alpha value is -9.10. The number of hydrogen-bond donors (Lipinski definition) is 0. The maximum atomic E-state index is 15.4. The second-order valence-corrected chi connectivity index (χ2v) is 28.9. The van der Waals surface area contributed by atoms with Crippen molar-refractivity contribution in [3.63, 3.8) is 0 Å².